The second-order valence-corrected chi connectivity index (χ2v) is 4.95. The highest BCUT2D eigenvalue weighted by Gasteiger charge is 2.20. The van der Waals surface area contributed by atoms with E-state index in [9.17, 15) is 8.78 Å². The third-order valence-electron chi connectivity index (χ3n) is 3.28. The van der Waals surface area contributed by atoms with Crippen LogP contribution in [0.2, 0.25) is 0 Å². The van der Waals surface area contributed by atoms with Gasteiger partial charge in [-0.05, 0) is 43.5 Å². The smallest absolute Gasteiger partial charge is 0.159 e. The zero-order chi connectivity index (χ0) is 13.2. The van der Waals surface area contributed by atoms with Gasteiger partial charge in [0.25, 0.3) is 0 Å². The molecule has 19 heavy (non-hydrogen) atoms. The normalized spacial score (nSPS) is 14.8. The first-order chi connectivity index (χ1) is 9.22. The molecule has 3 nitrogen and oxygen atoms in total. The first-order valence-electron chi connectivity index (χ1n) is 6.42. The highest BCUT2D eigenvalue weighted by atomic mass is 19.2. The largest absolute Gasteiger partial charge is 0.341 e. The van der Waals surface area contributed by atoms with E-state index in [0.29, 0.717) is 17.8 Å². The minimum Gasteiger partial charge on any atom is -0.341 e. The Labute approximate surface area is 110 Å². The summed E-state index contributed by atoms with van der Waals surface area (Å²) in [7, 11) is 0. The maximum atomic E-state index is 13.1. The van der Waals surface area contributed by atoms with Crippen molar-refractivity contribution in [3.05, 3.63) is 41.9 Å². The minimum atomic E-state index is -0.847. The van der Waals surface area contributed by atoms with Crippen molar-refractivity contribution < 1.29 is 8.78 Å². The van der Waals surface area contributed by atoms with Crippen LogP contribution in [0.4, 0.5) is 8.78 Å². The Morgan fingerprint density at radius 3 is 2.84 bits per heavy atom. The Kier molecular flexibility index (Phi) is 3.29. The molecule has 2 aromatic rings. The summed E-state index contributed by atoms with van der Waals surface area (Å²) in [5.41, 5.74) is 1.29. The van der Waals surface area contributed by atoms with Crippen molar-refractivity contribution in [2.24, 2.45) is 5.92 Å². The maximum absolute atomic E-state index is 13.1. The van der Waals surface area contributed by atoms with Gasteiger partial charge in [-0.3, -0.25) is 0 Å². The first kappa shape index (κ1) is 12.3. The molecular formula is C14H15F2N3. The number of H-pyrrole nitrogens is 1. The molecule has 2 N–H and O–H groups in total. The van der Waals surface area contributed by atoms with E-state index >= 15 is 0 Å². The molecule has 0 saturated heterocycles. The van der Waals surface area contributed by atoms with Crippen molar-refractivity contribution in [2.45, 2.75) is 19.4 Å². The van der Waals surface area contributed by atoms with Gasteiger partial charge in [0.1, 0.15) is 5.82 Å². The number of imidazole rings is 1. The zero-order valence-corrected chi connectivity index (χ0v) is 10.4. The standard InChI is InChI=1S/C14H15F2N3/c15-11-4-3-10(5-12(11)16)13-7-18-14(19-13)8-17-6-9-1-2-9/h3-5,7,9,17H,1-2,6,8H2,(H,18,19). The van der Waals surface area contributed by atoms with Crippen LogP contribution in [0, 0.1) is 17.6 Å². The monoisotopic (exact) mass is 263 g/mol. The Morgan fingerprint density at radius 2 is 2.11 bits per heavy atom. The molecule has 0 bridgehead atoms. The number of aromatic amines is 1. The number of nitrogens with one attached hydrogen (secondary N) is 2. The maximum Gasteiger partial charge on any atom is 0.159 e. The summed E-state index contributed by atoms with van der Waals surface area (Å²) < 4.78 is 26.0. The van der Waals surface area contributed by atoms with Crippen molar-refractivity contribution in [3.63, 3.8) is 0 Å². The summed E-state index contributed by atoms with van der Waals surface area (Å²) in [5.74, 6) is -0.0592. The highest BCUT2D eigenvalue weighted by molar-refractivity contribution is 5.58. The molecule has 0 aliphatic heterocycles. The number of rotatable bonds is 5. The first-order valence-corrected chi connectivity index (χ1v) is 6.42. The Hall–Kier alpha value is -1.75. The number of halogens is 2. The molecule has 1 heterocycles. The van der Waals surface area contributed by atoms with Crippen LogP contribution in [0.1, 0.15) is 18.7 Å². The molecule has 1 aromatic heterocycles. The molecular weight excluding hydrogens is 248 g/mol. The summed E-state index contributed by atoms with van der Waals surface area (Å²) in [6.45, 7) is 1.68. The van der Waals surface area contributed by atoms with Crippen molar-refractivity contribution in [1.82, 2.24) is 15.3 Å². The zero-order valence-electron chi connectivity index (χ0n) is 10.4. The van der Waals surface area contributed by atoms with Crippen molar-refractivity contribution in [3.8, 4) is 11.3 Å². The quantitative estimate of drug-likeness (QED) is 0.871. The van der Waals surface area contributed by atoms with Crippen molar-refractivity contribution in [1.29, 1.82) is 0 Å². The van der Waals surface area contributed by atoms with Gasteiger partial charge in [-0.25, -0.2) is 13.8 Å². The predicted octanol–water partition coefficient (Wildman–Crippen LogP) is 2.85. The number of hydrogen-bond donors (Lipinski definition) is 2. The van der Waals surface area contributed by atoms with Gasteiger partial charge < -0.3 is 10.3 Å². The van der Waals surface area contributed by atoms with E-state index in [1.54, 1.807) is 6.20 Å². The molecule has 3 rings (SSSR count). The van der Waals surface area contributed by atoms with E-state index in [0.717, 1.165) is 24.4 Å². The van der Waals surface area contributed by atoms with Crippen LogP contribution < -0.4 is 5.32 Å². The lowest BCUT2D eigenvalue weighted by Gasteiger charge is -2.01. The lowest BCUT2D eigenvalue weighted by atomic mass is 10.1. The summed E-state index contributed by atoms with van der Waals surface area (Å²) in [6, 6.07) is 3.83. The molecule has 1 aliphatic carbocycles. The van der Waals surface area contributed by atoms with E-state index in [2.05, 4.69) is 15.3 Å². The Bertz CT molecular complexity index is 576. The second-order valence-electron chi connectivity index (χ2n) is 4.95. The Balaban J connectivity index is 1.67. The fraction of sp³-hybridized carbons (Fsp3) is 0.357. The van der Waals surface area contributed by atoms with Gasteiger partial charge in [-0.1, -0.05) is 0 Å². The fourth-order valence-corrected chi connectivity index (χ4v) is 1.98. The van der Waals surface area contributed by atoms with Gasteiger partial charge >= 0.3 is 0 Å². The third kappa shape index (κ3) is 2.98. The van der Waals surface area contributed by atoms with E-state index in [1.165, 1.54) is 25.0 Å². The number of aromatic nitrogens is 2. The molecule has 1 fully saturated rings. The van der Waals surface area contributed by atoms with Crippen molar-refractivity contribution >= 4 is 0 Å². The summed E-state index contributed by atoms with van der Waals surface area (Å²) >= 11 is 0. The van der Waals surface area contributed by atoms with E-state index in [1.807, 2.05) is 0 Å². The fourth-order valence-electron chi connectivity index (χ4n) is 1.98. The lowest BCUT2D eigenvalue weighted by Crippen LogP contribution is -2.16. The molecule has 5 heteroatoms. The van der Waals surface area contributed by atoms with Crippen molar-refractivity contribution in [2.75, 3.05) is 6.54 Å². The number of hydrogen-bond acceptors (Lipinski definition) is 2. The highest BCUT2D eigenvalue weighted by Crippen LogP contribution is 2.27. The van der Waals surface area contributed by atoms with Crippen LogP contribution >= 0.6 is 0 Å². The van der Waals surface area contributed by atoms with Crippen LogP contribution in [0.15, 0.2) is 24.4 Å². The van der Waals surface area contributed by atoms with Gasteiger partial charge in [-0.15, -0.1) is 0 Å². The number of nitrogens with zero attached hydrogens (tertiary/aromatic N) is 1. The van der Waals surface area contributed by atoms with Crippen LogP contribution in [0.3, 0.4) is 0 Å². The summed E-state index contributed by atoms with van der Waals surface area (Å²) in [5, 5.41) is 3.32. The summed E-state index contributed by atoms with van der Waals surface area (Å²) in [4.78, 5) is 7.34. The van der Waals surface area contributed by atoms with Crippen LogP contribution in [0.25, 0.3) is 11.3 Å². The van der Waals surface area contributed by atoms with Crippen LogP contribution in [0.5, 0.6) is 0 Å². The van der Waals surface area contributed by atoms with Crippen LogP contribution in [-0.2, 0) is 6.54 Å². The molecule has 1 aliphatic rings. The van der Waals surface area contributed by atoms with Crippen LogP contribution in [-0.4, -0.2) is 16.5 Å². The van der Waals surface area contributed by atoms with Gasteiger partial charge in [-0.2, -0.15) is 0 Å². The molecule has 0 atom stereocenters. The summed E-state index contributed by atoms with van der Waals surface area (Å²) in [6.07, 6.45) is 4.26. The lowest BCUT2D eigenvalue weighted by molar-refractivity contribution is 0.509. The van der Waals surface area contributed by atoms with Gasteiger partial charge in [0.2, 0.25) is 0 Å². The molecule has 0 spiro atoms. The van der Waals surface area contributed by atoms with Gasteiger partial charge in [0.05, 0.1) is 18.4 Å². The van der Waals surface area contributed by atoms with E-state index < -0.39 is 11.6 Å². The minimum absolute atomic E-state index is 0.597. The average Bonchev–Trinajstić information content (AvgIpc) is 3.10. The van der Waals surface area contributed by atoms with Gasteiger partial charge in [0.15, 0.2) is 11.6 Å². The number of benzene rings is 1. The average molecular weight is 263 g/mol. The third-order valence-corrected chi connectivity index (χ3v) is 3.28. The van der Waals surface area contributed by atoms with Gasteiger partial charge in [0, 0.05) is 5.56 Å². The molecule has 1 aromatic carbocycles. The molecule has 100 valence electrons. The molecule has 0 unspecified atom stereocenters. The second kappa shape index (κ2) is 5.09. The molecule has 1 saturated carbocycles. The molecule has 0 amide bonds. The SMILES string of the molecule is Fc1ccc(-c2cnc(CNCC3CC3)[nH]2)cc1F. The predicted molar refractivity (Wildman–Crippen MR) is 68.4 cm³/mol. The topological polar surface area (TPSA) is 40.7 Å². The molecule has 0 radical (unpaired) electrons. The van der Waals surface area contributed by atoms with E-state index in [-0.39, 0.29) is 0 Å². The Morgan fingerprint density at radius 1 is 1.26 bits per heavy atom. The van der Waals surface area contributed by atoms with E-state index in [4.69, 9.17) is 0 Å².